The van der Waals surface area contributed by atoms with Gasteiger partial charge in [0.1, 0.15) is 11.9 Å². The van der Waals surface area contributed by atoms with Crippen molar-refractivity contribution in [2.75, 3.05) is 5.32 Å². The predicted molar refractivity (Wildman–Crippen MR) is 50.7 cm³/mol. The van der Waals surface area contributed by atoms with E-state index >= 15 is 0 Å². The molecule has 1 amide bonds. The zero-order valence-corrected chi connectivity index (χ0v) is 8.86. The van der Waals surface area contributed by atoms with Crippen LogP contribution in [0.1, 0.15) is 5.56 Å². The molecule has 0 aliphatic rings. The van der Waals surface area contributed by atoms with Crippen LogP contribution < -0.4 is 5.32 Å². The molecule has 0 aromatic heterocycles. The van der Waals surface area contributed by atoms with Crippen LogP contribution in [-0.2, 0) is 4.79 Å². The Balaban J connectivity index is 3.05. The monoisotopic (exact) mass is 282 g/mol. The highest BCUT2D eigenvalue weighted by atomic mass is 19.4. The molecule has 0 atom stereocenters. The van der Waals surface area contributed by atoms with Gasteiger partial charge in [0.05, 0.1) is 11.3 Å². The minimum absolute atomic E-state index is 0.577. The molecule has 0 aliphatic heterocycles. The minimum atomic E-state index is -6.07. The summed E-state index contributed by atoms with van der Waals surface area (Å²) >= 11 is 0. The van der Waals surface area contributed by atoms with E-state index < -0.39 is 35.1 Å². The van der Waals surface area contributed by atoms with Gasteiger partial charge in [-0.25, -0.2) is 4.39 Å². The van der Waals surface area contributed by atoms with Gasteiger partial charge in [-0.05, 0) is 18.2 Å². The Labute approximate surface area is 102 Å². The first-order chi connectivity index (χ1) is 8.59. The highest BCUT2D eigenvalue weighted by Gasteiger charge is 2.63. The van der Waals surface area contributed by atoms with Crippen molar-refractivity contribution in [3.8, 4) is 6.07 Å². The van der Waals surface area contributed by atoms with Crippen molar-refractivity contribution in [2.45, 2.75) is 12.1 Å². The molecule has 9 heteroatoms. The van der Waals surface area contributed by atoms with Crippen LogP contribution in [0.15, 0.2) is 18.2 Å². The molecule has 0 radical (unpaired) electrons. The highest BCUT2D eigenvalue weighted by molar-refractivity contribution is 5.97. The van der Waals surface area contributed by atoms with Crippen molar-refractivity contribution in [3.05, 3.63) is 29.6 Å². The number of nitrogens with zero attached hydrogens (tertiary/aromatic N) is 1. The molecule has 0 saturated carbocycles. The van der Waals surface area contributed by atoms with Crippen LogP contribution in [0.25, 0.3) is 0 Å². The minimum Gasteiger partial charge on any atom is -0.319 e. The van der Waals surface area contributed by atoms with Gasteiger partial charge in [-0.3, -0.25) is 4.79 Å². The standard InChI is InChI=1S/C10H4F6N2O/c11-6-1-2-7(5(3-6)4-17)18-8(19)9(12,13)10(14,15)16/h1-3H,(H,18,19). The van der Waals surface area contributed by atoms with E-state index in [0.29, 0.717) is 18.2 Å². The van der Waals surface area contributed by atoms with E-state index in [4.69, 9.17) is 5.26 Å². The fourth-order valence-corrected chi connectivity index (χ4v) is 1.05. The van der Waals surface area contributed by atoms with Crippen molar-refractivity contribution < 1.29 is 31.1 Å². The number of anilines is 1. The number of rotatable bonds is 2. The Morgan fingerprint density at radius 2 is 1.79 bits per heavy atom. The summed E-state index contributed by atoms with van der Waals surface area (Å²) in [5.41, 5.74) is -1.22. The topological polar surface area (TPSA) is 52.9 Å². The second-order valence-corrected chi connectivity index (χ2v) is 3.33. The molecule has 1 aromatic rings. The van der Waals surface area contributed by atoms with Crippen LogP contribution in [0, 0.1) is 17.1 Å². The summed E-state index contributed by atoms with van der Waals surface area (Å²) in [6.07, 6.45) is -6.07. The smallest absolute Gasteiger partial charge is 0.319 e. The Morgan fingerprint density at radius 1 is 1.21 bits per heavy atom. The van der Waals surface area contributed by atoms with Gasteiger partial charge in [-0.1, -0.05) is 0 Å². The summed E-state index contributed by atoms with van der Waals surface area (Å²) in [5.74, 6) is -9.17. The summed E-state index contributed by atoms with van der Waals surface area (Å²) in [5, 5.41) is 9.78. The second-order valence-electron chi connectivity index (χ2n) is 3.33. The molecule has 19 heavy (non-hydrogen) atoms. The number of amides is 1. The molecule has 0 unspecified atom stereocenters. The van der Waals surface area contributed by atoms with Gasteiger partial charge in [0.15, 0.2) is 0 Å². The lowest BCUT2D eigenvalue weighted by Gasteiger charge is -2.18. The van der Waals surface area contributed by atoms with E-state index in [-0.39, 0.29) is 0 Å². The Morgan fingerprint density at radius 3 is 2.26 bits per heavy atom. The molecule has 1 N–H and O–H groups in total. The van der Waals surface area contributed by atoms with E-state index in [1.165, 1.54) is 11.4 Å². The Bertz CT molecular complexity index is 546. The average molecular weight is 282 g/mol. The number of nitrogens with one attached hydrogen (secondary N) is 1. The normalized spacial score (nSPS) is 11.8. The van der Waals surface area contributed by atoms with Gasteiger partial charge < -0.3 is 5.32 Å². The van der Waals surface area contributed by atoms with Gasteiger partial charge in [-0.2, -0.15) is 27.2 Å². The molecular weight excluding hydrogens is 278 g/mol. The quantitative estimate of drug-likeness (QED) is 0.848. The lowest BCUT2D eigenvalue weighted by molar-refractivity contribution is -0.267. The van der Waals surface area contributed by atoms with Crippen molar-refractivity contribution in [2.24, 2.45) is 0 Å². The van der Waals surface area contributed by atoms with Crippen molar-refractivity contribution in [1.29, 1.82) is 5.26 Å². The van der Waals surface area contributed by atoms with Gasteiger partial charge in [-0.15, -0.1) is 0 Å². The fraction of sp³-hybridized carbons (Fsp3) is 0.200. The number of halogens is 6. The third-order valence-electron chi connectivity index (χ3n) is 1.99. The number of carbonyl (C=O) groups excluding carboxylic acids is 1. The summed E-state index contributed by atoms with van der Waals surface area (Å²) in [4.78, 5) is 10.8. The Hall–Kier alpha value is -2.24. The molecule has 0 aliphatic carbocycles. The number of benzene rings is 1. The summed E-state index contributed by atoms with van der Waals surface area (Å²) < 4.78 is 73.7. The summed E-state index contributed by atoms with van der Waals surface area (Å²) in [7, 11) is 0. The van der Waals surface area contributed by atoms with Crippen LogP contribution in [0.3, 0.4) is 0 Å². The summed E-state index contributed by atoms with van der Waals surface area (Å²) in [6.45, 7) is 0. The van der Waals surface area contributed by atoms with Crippen molar-refractivity contribution >= 4 is 11.6 Å². The largest absolute Gasteiger partial charge is 0.463 e. The lowest BCUT2D eigenvalue weighted by Crippen LogP contribution is -2.47. The number of alkyl halides is 5. The molecule has 0 bridgehead atoms. The lowest BCUT2D eigenvalue weighted by atomic mass is 10.2. The molecule has 3 nitrogen and oxygen atoms in total. The molecule has 0 saturated heterocycles. The first kappa shape index (κ1) is 14.8. The maximum absolute atomic E-state index is 12.7. The first-order valence-corrected chi connectivity index (χ1v) is 4.55. The zero-order chi connectivity index (χ0) is 14.8. The molecular formula is C10H4F6N2O. The predicted octanol–water partition coefficient (Wildman–Crippen LogP) is 2.83. The molecule has 0 fully saturated rings. The number of nitriles is 1. The fourth-order valence-electron chi connectivity index (χ4n) is 1.05. The second kappa shape index (κ2) is 4.79. The number of hydrogen-bond acceptors (Lipinski definition) is 2. The zero-order valence-electron chi connectivity index (χ0n) is 8.86. The molecule has 1 rings (SSSR count). The van der Waals surface area contributed by atoms with Crippen LogP contribution in [-0.4, -0.2) is 18.0 Å². The number of hydrogen-bond donors (Lipinski definition) is 1. The van der Waals surface area contributed by atoms with Gasteiger partial charge >= 0.3 is 18.0 Å². The maximum Gasteiger partial charge on any atom is 0.463 e. The van der Waals surface area contributed by atoms with E-state index in [9.17, 15) is 31.1 Å². The van der Waals surface area contributed by atoms with E-state index in [1.807, 2.05) is 0 Å². The van der Waals surface area contributed by atoms with Crippen LogP contribution in [0.2, 0.25) is 0 Å². The third-order valence-corrected chi connectivity index (χ3v) is 1.99. The first-order valence-electron chi connectivity index (χ1n) is 4.55. The summed E-state index contributed by atoms with van der Waals surface area (Å²) in [6, 6.07) is 3.34. The van der Waals surface area contributed by atoms with Crippen LogP contribution >= 0.6 is 0 Å². The van der Waals surface area contributed by atoms with E-state index in [0.717, 1.165) is 0 Å². The molecule has 0 heterocycles. The van der Waals surface area contributed by atoms with Gasteiger partial charge in [0.2, 0.25) is 0 Å². The van der Waals surface area contributed by atoms with Gasteiger partial charge in [0, 0.05) is 0 Å². The maximum atomic E-state index is 12.7. The van der Waals surface area contributed by atoms with E-state index in [2.05, 4.69) is 0 Å². The van der Waals surface area contributed by atoms with E-state index in [1.54, 1.807) is 0 Å². The van der Waals surface area contributed by atoms with Gasteiger partial charge in [0.25, 0.3) is 0 Å². The molecule has 0 spiro atoms. The highest BCUT2D eigenvalue weighted by Crippen LogP contribution is 2.36. The third kappa shape index (κ3) is 2.96. The molecule has 1 aromatic carbocycles. The van der Waals surface area contributed by atoms with Crippen LogP contribution in [0.4, 0.5) is 32.0 Å². The van der Waals surface area contributed by atoms with Crippen molar-refractivity contribution in [1.82, 2.24) is 0 Å². The number of carbonyl (C=O) groups is 1. The van der Waals surface area contributed by atoms with Crippen molar-refractivity contribution in [3.63, 3.8) is 0 Å². The average Bonchev–Trinajstić information content (AvgIpc) is 2.29. The Kier molecular flexibility index (Phi) is 3.74. The van der Waals surface area contributed by atoms with Crippen LogP contribution in [0.5, 0.6) is 0 Å². The molecule has 102 valence electrons. The SMILES string of the molecule is N#Cc1cc(F)ccc1NC(=O)C(F)(F)C(F)(F)F.